The van der Waals surface area contributed by atoms with Gasteiger partial charge in [0.1, 0.15) is 12.1 Å². The average Bonchev–Trinajstić information content (AvgIpc) is 3.44. The number of halogens is 2. The fraction of sp³-hybridized carbons (Fsp3) is 0.486. The Labute approximate surface area is 267 Å². The highest BCUT2D eigenvalue weighted by atomic mass is 19.1. The summed E-state index contributed by atoms with van der Waals surface area (Å²) in [6.45, 7) is 20.3. The van der Waals surface area contributed by atoms with Gasteiger partial charge in [0.05, 0.1) is 5.52 Å². The molecule has 45 heavy (non-hydrogen) atoms. The fourth-order valence-corrected chi connectivity index (χ4v) is 5.09. The van der Waals surface area contributed by atoms with Gasteiger partial charge in [0.15, 0.2) is 17.4 Å². The summed E-state index contributed by atoms with van der Waals surface area (Å²) in [5.74, 6) is -0.893. The molecule has 8 nitrogen and oxygen atoms in total. The molecule has 3 heterocycles. The van der Waals surface area contributed by atoms with Crippen LogP contribution in [0.15, 0.2) is 48.8 Å². The fourth-order valence-electron chi connectivity index (χ4n) is 5.09. The summed E-state index contributed by atoms with van der Waals surface area (Å²) >= 11 is 0. The van der Waals surface area contributed by atoms with Gasteiger partial charge < -0.3 is 29.7 Å². The zero-order valence-corrected chi connectivity index (χ0v) is 28.1. The van der Waals surface area contributed by atoms with Crippen molar-refractivity contribution in [2.24, 2.45) is 0 Å². The van der Waals surface area contributed by atoms with E-state index in [1.165, 1.54) is 44.4 Å². The molecule has 2 N–H and O–H groups in total. The number of aryl methyl sites for hydroxylation is 1. The minimum Gasteiger partial charge on any atom is -0.436 e. The van der Waals surface area contributed by atoms with Crippen LogP contribution in [0.3, 0.4) is 0 Å². The average molecular weight is 624 g/mol. The number of benzene rings is 2. The van der Waals surface area contributed by atoms with Crippen molar-refractivity contribution in [3.05, 3.63) is 66.1 Å². The molecular weight excluding hydrogens is 572 g/mol. The second-order valence-electron chi connectivity index (χ2n) is 11.4. The number of rotatable bonds is 10. The zero-order valence-electron chi connectivity index (χ0n) is 28.1. The molecular formula is C35H51F2N7O. The number of aromatic amines is 1. The highest BCUT2D eigenvalue weighted by Crippen LogP contribution is 2.32. The van der Waals surface area contributed by atoms with Gasteiger partial charge in [-0.1, -0.05) is 41.0 Å². The number of aromatic nitrogens is 3. The van der Waals surface area contributed by atoms with Crippen LogP contribution in [-0.2, 0) is 0 Å². The van der Waals surface area contributed by atoms with Crippen molar-refractivity contribution in [2.75, 3.05) is 63.1 Å². The summed E-state index contributed by atoms with van der Waals surface area (Å²) in [6, 6.07) is 12.2. The Morgan fingerprint density at radius 3 is 2.16 bits per heavy atom. The Hall–Kier alpha value is -3.76. The first-order chi connectivity index (χ1) is 21.7. The second-order valence-corrected chi connectivity index (χ2v) is 11.4. The van der Waals surface area contributed by atoms with E-state index >= 15 is 0 Å². The number of nitrogens with zero attached hydrogens (tertiary/aromatic N) is 5. The van der Waals surface area contributed by atoms with E-state index in [1.54, 1.807) is 19.1 Å². The van der Waals surface area contributed by atoms with E-state index in [2.05, 4.69) is 88.8 Å². The van der Waals surface area contributed by atoms with Crippen molar-refractivity contribution < 1.29 is 13.5 Å². The maximum atomic E-state index is 14.9. The molecule has 246 valence electrons. The maximum Gasteiger partial charge on any atom is 0.224 e. The molecule has 2 aromatic heterocycles. The monoisotopic (exact) mass is 623 g/mol. The van der Waals surface area contributed by atoms with Gasteiger partial charge in [-0.25, -0.2) is 18.7 Å². The van der Waals surface area contributed by atoms with Crippen LogP contribution in [-0.4, -0.2) is 77.6 Å². The van der Waals surface area contributed by atoms with Gasteiger partial charge in [0.25, 0.3) is 0 Å². The SMILES string of the molecule is CCC.CCCN(C)CCC.CCN1CCN(c2ccc(Nc3cc(Oc4cc(F)c5[nH]c(C)cc5c4F)ncn3)cc2)CC1. The van der Waals surface area contributed by atoms with Crippen LogP contribution in [0.5, 0.6) is 11.6 Å². The molecule has 0 radical (unpaired) electrons. The highest BCUT2D eigenvalue weighted by molar-refractivity contribution is 5.83. The molecule has 1 saturated heterocycles. The highest BCUT2D eigenvalue weighted by Gasteiger charge is 2.18. The molecule has 0 spiro atoms. The number of fused-ring (bicyclic) bond motifs is 1. The van der Waals surface area contributed by atoms with Crippen LogP contribution in [0.4, 0.5) is 26.0 Å². The van der Waals surface area contributed by atoms with E-state index < -0.39 is 11.6 Å². The molecule has 10 heteroatoms. The van der Waals surface area contributed by atoms with Crippen molar-refractivity contribution in [1.29, 1.82) is 0 Å². The van der Waals surface area contributed by atoms with E-state index in [0.717, 1.165) is 44.5 Å². The Morgan fingerprint density at radius 2 is 1.56 bits per heavy atom. The number of anilines is 3. The Morgan fingerprint density at radius 1 is 0.911 bits per heavy atom. The summed E-state index contributed by atoms with van der Waals surface area (Å²) in [5, 5.41) is 3.34. The van der Waals surface area contributed by atoms with Crippen molar-refractivity contribution >= 4 is 28.1 Å². The third kappa shape index (κ3) is 10.7. The molecule has 0 bridgehead atoms. The number of hydrogen-bond donors (Lipinski definition) is 2. The van der Waals surface area contributed by atoms with Crippen LogP contribution in [0.2, 0.25) is 0 Å². The number of hydrogen-bond acceptors (Lipinski definition) is 7. The van der Waals surface area contributed by atoms with Crippen molar-refractivity contribution in [3.8, 4) is 11.6 Å². The lowest BCUT2D eigenvalue weighted by molar-refractivity contribution is 0.271. The molecule has 0 unspecified atom stereocenters. The summed E-state index contributed by atoms with van der Waals surface area (Å²) < 4.78 is 34.8. The second kappa shape index (κ2) is 18.3. The normalized spacial score (nSPS) is 13.2. The molecule has 0 saturated carbocycles. The lowest BCUT2D eigenvalue weighted by Crippen LogP contribution is -2.46. The van der Waals surface area contributed by atoms with Crippen LogP contribution in [0, 0.1) is 18.6 Å². The lowest BCUT2D eigenvalue weighted by atomic mass is 10.2. The minimum atomic E-state index is -0.649. The molecule has 2 aromatic carbocycles. The Balaban J connectivity index is 0.000000434. The van der Waals surface area contributed by atoms with Crippen LogP contribution in [0.25, 0.3) is 10.9 Å². The predicted octanol–water partition coefficient (Wildman–Crippen LogP) is 8.38. The van der Waals surface area contributed by atoms with Crippen molar-refractivity contribution in [1.82, 2.24) is 24.8 Å². The van der Waals surface area contributed by atoms with E-state index in [-0.39, 0.29) is 22.5 Å². The standard InChI is InChI=1S/C25H26F2N6O.C7H17N.C3H8/c1-3-32-8-10-33(11-9-32)18-6-4-17(5-7-18)31-22-14-23(29-15-28-22)34-21-13-20(26)25-19(24(21)27)12-16(2)30-25;1-4-6-8(3)7-5-2;1-3-2/h4-7,12-15,30H,3,8-11H2,1-2H3,(H,28,29,31);4-7H2,1-3H3;3H2,1-2H3. The molecule has 1 aliphatic heterocycles. The molecule has 4 aromatic rings. The van der Waals surface area contributed by atoms with E-state index in [0.29, 0.717) is 11.5 Å². The largest absolute Gasteiger partial charge is 0.436 e. The molecule has 0 atom stereocenters. The zero-order chi connectivity index (χ0) is 32.8. The maximum absolute atomic E-state index is 14.9. The van der Waals surface area contributed by atoms with Crippen molar-refractivity contribution in [2.45, 2.75) is 60.8 Å². The molecule has 1 aliphatic rings. The molecule has 1 fully saturated rings. The first-order valence-corrected chi connectivity index (χ1v) is 16.2. The van der Waals surface area contributed by atoms with Gasteiger partial charge in [-0.05, 0) is 76.8 Å². The summed E-state index contributed by atoms with van der Waals surface area (Å²) in [5.41, 5.74) is 2.80. The third-order valence-electron chi connectivity index (χ3n) is 7.29. The smallest absolute Gasteiger partial charge is 0.224 e. The molecule has 5 rings (SSSR count). The quantitative estimate of drug-likeness (QED) is 0.184. The summed E-state index contributed by atoms with van der Waals surface area (Å²) in [6.07, 6.45) is 5.11. The van der Waals surface area contributed by atoms with Gasteiger partial charge >= 0.3 is 0 Å². The van der Waals surface area contributed by atoms with E-state index in [4.69, 9.17) is 4.74 Å². The summed E-state index contributed by atoms with van der Waals surface area (Å²) in [4.78, 5) is 18.2. The molecule has 0 amide bonds. The first-order valence-electron chi connectivity index (χ1n) is 16.2. The van der Waals surface area contributed by atoms with Crippen LogP contribution in [0.1, 0.15) is 59.6 Å². The van der Waals surface area contributed by atoms with Gasteiger partial charge in [0.2, 0.25) is 5.88 Å². The van der Waals surface area contributed by atoms with Gasteiger partial charge in [0, 0.05) is 60.8 Å². The number of piperazine rings is 1. The van der Waals surface area contributed by atoms with Crippen molar-refractivity contribution in [3.63, 3.8) is 0 Å². The Bertz CT molecular complexity index is 1430. The summed E-state index contributed by atoms with van der Waals surface area (Å²) in [7, 11) is 2.17. The van der Waals surface area contributed by atoms with E-state index in [1.807, 2.05) is 12.1 Å². The third-order valence-corrected chi connectivity index (χ3v) is 7.29. The number of likely N-dealkylation sites (N-methyl/N-ethyl adjacent to an activating group) is 1. The first kappa shape index (κ1) is 35.7. The molecule has 0 aliphatic carbocycles. The van der Waals surface area contributed by atoms with E-state index in [9.17, 15) is 8.78 Å². The number of nitrogens with one attached hydrogen (secondary N) is 2. The van der Waals surface area contributed by atoms with Crippen LogP contribution < -0.4 is 15.0 Å². The van der Waals surface area contributed by atoms with Gasteiger partial charge in [-0.2, -0.15) is 0 Å². The topological polar surface area (TPSA) is 72.5 Å². The number of H-pyrrole nitrogens is 1. The van der Waals surface area contributed by atoms with Gasteiger partial charge in [-0.3, -0.25) is 0 Å². The Kier molecular flexibility index (Phi) is 14.5. The van der Waals surface area contributed by atoms with Crippen LogP contribution >= 0.6 is 0 Å². The minimum absolute atomic E-state index is 0.104. The van der Waals surface area contributed by atoms with Gasteiger partial charge in [-0.15, -0.1) is 0 Å². The number of ether oxygens (including phenoxy) is 1. The predicted molar refractivity (Wildman–Crippen MR) is 183 cm³/mol. The lowest BCUT2D eigenvalue weighted by Gasteiger charge is -2.35.